The quantitative estimate of drug-likeness (QED) is 0.299. The number of para-hydroxylation sites is 1. The van der Waals surface area contributed by atoms with E-state index in [0.29, 0.717) is 40.7 Å². The minimum atomic E-state index is -0.632. The summed E-state index contributed by atoms with van der Waals surface area (Å²) < 4.78 is 11.4. The molecule has 1 fully saturated rings. The summed E-state index contributed by atoms with van der Waals surface area (Å²) in [5.41, 5.74) is 1.41. The van der Waals surface area contributed by atoms with Gasteiger partial charge < -0.3 is 19.7 Å². The van der Waals surface area contributed by atoms with Crippen LogP contribution in [-0.2, 0) is 11.3 Å². The number of hydrogen-bond donors (Lipinski definition) is 3. The zero-order valence-corrected chi connectivity index (χ0v) is 24.1. The van der Waals surface area contributed by atoms with Crippen molar-refractivity contribution in [3.05, 3.63) is 80.4 Å². The molecule has 0 radical (unpaired) electrons. The van der Waals surface area contributed by atoms with Crippen LogP contribution in [0.2, 0.25) is 0 Å². The number of anilines is 1. The van der Waals surface area contributed by atoms with Crippen LogP contribution in [0.3, 0.4) is 0 Å². The second kappa shape index (κ2) is 11.7. The van der Waals surface area contributed by atoms with Crippen molar-refractivity contribution in [3.63, 3.8) is 0 Å². The first kappa shape index (κ1) is 28.2. The molecule has 0 saturated carbocycles. The number of nitrogens with zero attached hydrogens (tertiary/aromatic N) is 3. The van der Waals surface area contributed by atoms with Gasteiger partial charge in [-0.15, -0.1) is 0 Å². The van der Waals surface area contributed by atoms with Crippen molar-refractivity contribution in [1.29, 1.82) is 0 Å². The van der Waals surface area contributed by atoms with Gasteiger partial charge in [0.2, 0.25) is 0 Å². The highest BCUT2D eigenvalue weighted by Crippen LogP contribution is 2.27. The fraction of sp³-hybridized carbons (Fsp3) is 0.345. The lowest BCUT2D eigenvalue weighted by molar-refractivity contribution is 0.0635. The zero-order chi connectivity index (χ0) is 29.1. The number of H-pyrrole nitrogens is 1. The van der Waals surface area contributed by atoms with E-state index in [0.717, 1.165) is 22.3 Å². The molecular weight excluding hydrogens is 544 g/mol. The van der Waals surface area contributed by atoms with Gasteiger partial charge in [-0.25, -0.2) is 14.9 Å². The highest BCUT2D eigenvalue weighted by Gasteiger charge is 2.35. The highest BCUT2D eigenvalue weighted by atomic mass is 32.1. The van der Waals surface area contributed by atoms with E-state index in [9.17, 15) is 14.4 Å². The Morgan fingerprint density at radius 2 is 1.88 bits per heavy atom. The topological polar surface area (TPSA) is 139 Å². The number of fused-ring (bicyclic) bond motifs is 1. The SMILES string of the molecule is CN1C[C@H](c2n[nH]c(=O)s2)[C@H](NC(=O)c2ccc(OCc3cc(NC(=O)OC(C)(C)C)nc4ccccc34)cc2)C1. The lowest BCUT2D eigenvalue weighted by Gasteiger charge is -2.20. The van der Waals surface area contributed by atoms with E-state index < -0.39 is 11.7 Å². The third-order valence-corrected chi connectivity index (χ3v) is 7.41. The number of benzene rings is 2. The molecule has 214 valence electrons. The molecule has 11 nitrogen and oxygen atoms in total. The van der Waals surface area contributed by atoms with Gasteiger partial charge in [0, 0.05) is 35.5 Å². The zero-order valence-electron chi connectivity index (χ0n) is 23.3. The lowest BCUT2D eigenvalue weighted by Crippen LogP contribution is -2.39. The van der Waals surface area contributed by atoms with Gasteiger partial charge in [-0.1, -0.05) is 29.5 Å². The van der Waals surface area contributed by atoms with Crippen molar-refractivity contribution in [2.75, 3.05) is 25.5 Å². The summed E-state index contributed by atoms with van der Waals surface area (Å²) in [5, 5.41) is 14.0. The Kier molecular flexibility index (Phi) is 8.04. The Balaban J connectivity index is 1.25. The Morgan fingerprint density at radius 3 is 2.59 bits per heavy atom. The minimum absolute atomic E-state index is 0.0552. The number of rotatable bonds is 7. The smallest absolute Gasteiger partial charge is 0.413 e. The maximum absolute atomic E-state index is 13.0. The number of aromatic amines is 1. The molecule has 2 amide bonds. The van der Waals surface area contributed by atoms with E-state index in [2.05, 4.69) is 30.7 Å². The number of pyridine rings is 1. The summed E-state index contributed by atoms with van der Waals surface area (Å²) in [7, 11) is 1.98. The number of ether oxygens (including phenoxy) is 2. The molecule has 1 aliphatic heterocycles. The Labute approximate surface area is 240 Å². The van der Waals surface area contributed by atoms with Crippen LogP contribution in [0.15, 0.2) is 59.4 Å². The van der Waals surface area contributed by atoms with Gasteiger partial charge in [0.15, 0.2) is 0 Å². The van der Waals surface area contributed by atoms with Gasteiger partial charge in [-0.3, -0.25) is 14.9 Å². The molecule has 0 bridgehead atoms. The maximum atomic E-state index is 13.0. The van der Waals surface area contributed by atoms with E-state index >= 15 is 0 Å². The maximum Gasteiger partial charge on any atom is 0.413 e. The fourth-order valence-corrected chi connectivity index (χ4v) is 5.51. The third-order valence-electron chi connectivity index (χ3n) is 6.53. The number of hydrogen-bond acceptors (Lipinski definition) is 9. The molecule has 0 spiro atoms. The van der Waals surface area contributed by atoms with Crippen LogP contribution in [-0.4, -0.2) is 63.9 Å². The monoisotopic (exact) mass is 576 g/mol. The normalized spacial score (nSPS) is 17.4. The minimum Gasteiger partial charge on any atom is -0.489 e. The molecule has 1 aliphatic rings. The Hall–Kier alpha value is -4.29. The van der Waals surface area contributed by atoms with Crippen LogP contribution in [0.25, 0.3) is 10.9 Å². The molecule has 2 atom stereocenters. The predicted octanol–water partition coefficient (Wildman–Crippen LogP) is 4.13. The van der Waals surface area contributed by atoms with E-state index in [1.54, 1.807) is 51.1 Å². The second-order valence-electron chi connectivity index (χ2n) is 11.0. The van der Waals surface area contributed by atoms with Crippen molar-refractivity contribution in [2.24, 2.45) is 0 Å². The van der Waals surface area contributed by atoms with Crippen molar-refractivity contribution >= 4 is 40.1 Å². The molecule has 3 heterocycles. The van der Waals surface area contributed by atoms with Crippen LogP contribution in [0.4, 0.5) is 10.6 Å². The molecule has 0 aliphatic carbocycles. The molecule has 5 rings (SSSR count). The number of likely N-dealkylation sites (N-methyl/N-ethyl adjacent to an activating group) is 1. The second-order valence-corrected chi connectivity index (χ2v) is 12.0. The summed E-state index contributed by atoms with van der Waals surface area (Å²) >= 11 is 1.08. The van der Waals surface area contributed by atoms with Gasteiger partial charge in [0.05, 0.1) is 11.6 Å². The molecule has 1 saturated heterocycles. The van der Waals surface area contributed by atoms with Gasteiger partial charge in [0.1, 0.15) is 28.8 Å². The standard InChI is InChI=1S/C29H32N6O5S/c1-29(2,3)40-27(37)32-24-13-18(20-7-5-6-8-22(20)30-24)16-39-19-11-9-17(10-12-19)25(36)31-23-15-35(4)14-21(23)26-33-34-28(38)41-26/h5-13,21,23H,14-16H2,1-4H3,(H,31,36)(H,34,38)(H,30,32,37)/t21-,23+/m0/s1. The molecular formula is C29H32N6O5S. The Bertz CT molecular complexity index is 1610. The number of carbonyl (C=O) groups excluding carboxylic acids is 2. The first-order chi connectivity index (χ1) is 19.5. The molecule has 4 aromatic rings. The molecule has 12 heteroatoms. The van der Waals surface area contributed by atoms with Crippen LogP contribution in [0, 0.1) is 0 Å². The number of nitrogens with one attached hydrogen (secondary N) is 3. The third kappa shape index (κ3) is 7.08. The molecule has 0 unspecified atom stereocenters. The average molecular weight is 577 g/mol. The van der Waals surface area contributed by atoms with Crippen LogP contribution >= 0.6 is 11.3 Å². The number of likely N-dealkylation sites (tertiary alicyclic amines) is 1. The largest absolute Gasteiger partial charge is 0.489 e. The number of aromatic nitrogens is 3. The molecule has 2 aromatic heterocycles. The average Bonchev–Trinajstić information content (AvgIpc) is 3.50. The van der Waals surface area contributed by atoms with Gasteiger partial charge in [0.25, 0.3) is 5.91 Å². The summed E-state index contributed by atoms with van der Waals surface area (Å²) in [5.74, 6) is 0.688. The van der Waals surface area contributed by atoms with Crippen LogP contribution in [0.1, 0.15) is 47.6 Å². The summed E-state index contributed by atoms with van der Waals surface area (Å²) in [4.78, 5) is 43.4. The van der Waals surface area contributed by atoms with Crippen molar-refractivity contribution in [2.45, 2.75) is 44.9 Å². The van der Waals surface area contributed by atoms with Gasteiger partial charge >= 0.3 is 11.0 Å². The predicted molar refractivity (Wildman–Crippen MR) is 157 cm³/mol. The van der Waals surface area contributed by atoms with E-state index in [1.807, 2.05) is 31.3 Å². The van der Waals surface area contributed by atoms with Crippen molar-refractivity contribution in [1.82, 2.24) is 25.4 Å². The van der Waals surface area contributed by atoms with Crippen molar-refractivity contribution < 1.29 is 19.1 Å². The number of carbonyl (C=O) groups is 2. The summed E-state index contributed by atoms with van der Waals surface area (Å²) in [6, 6.07) is 16.1. The lowest BCUT2D eigenvalue weighted by atomic mass is 10.0. The first-order valence-electron chi connectivity index (χ1n) is 13.2. The van der Waals surface area contributed by atoms with E-state index in [1.165, 1.54) is 0 Å². The fourth-order valence-electron chi connectivity index (χ4n) is 4.75. The van der Waals surface area contributed by atoms with E-state index in [-0.39, 0.29) is 29.3 Å². The highest BCUT2D eigenvalue weighted by molar-refractivity contribution is 7.08. The number of amides is 2. The Morgan fingerprint density at radius 1 is 1.12 bits per heavy atom. The molecule has 41 heavy (non-hydrogen) atoms. The van der Waals surface area contributed by atoms with Gasteiger partial charge in [-0.2, -0.15) is 5.10 Å². The molecule has 2 aromatic carbocycles. The molecule has 3 N–H and O–H groups in total. The van der Waals surface area contributed by atoms with Crippen molar-refractivity contribution in [3.8, 4) is 5.75 Å². The van der Waals surface area contributed by atoms with Crippen LogP contribution in [0.5, 0.6) is 5.75 Å². The van der Waals surface area contributed by atoms with E-state index in [4.69, 9.17) is 9.47 Å². The van der Waals surface area contributed by atoms with Gasteiger partial charge in [-0.05, 0) is 64.2 Å². The summed E-state index contributed by atoms with van der Waals surface area (Å²) in [6.07, 6.45) is -0.586. The summed E-state index contributed by atoms with van der Waals surface area (Å²) in [6.45, 7) is 6.98. The van der Waals surface area contributed by atoms with Crippen LogP contribution < -0.4 is 20.2 Å². The first-order valence-corrected chi connectivity index (χ1v) is 14.0.